The molecule has 1 aliphatic rings. The molecule has 2 heterocycles. The average Bonchev–Trinajstić information content (AvgIpc) is 3.26. The van der Waals surface area contributed by atoms with Crippen LogP contribution in [0.4, 0.5) is 10.2 Å². The molecule has 0 aliphatic carbocycles. The van der Waals surface area contributed by atoms with Gasteiger partial charge in [-0.2, -0.15) is 0 Å². The second-order valence-corrected chi connectivity index (χ2v) is 7.52. The lowest BCUT2D eigenvalue weighted by atomic mass is 10.2. The second-order valence-electron chi connectivity index (χ2n) is 7.52. The number of aromatic nitrogens is 2. The number of amides is 2. The molecule has 1 fully saturated rings. The fraction of sp³-hybridized carbons (Fsp3) is 0.318. The summed E-state index contributed by atoms with van der Waals surface area (Å²) in [6, 6.07) is 11.5. The first-order valence-corrected chi connectivity index (χ1v) is 9.94. The molecule has 0 bridgehead atoms. The van der Waals surface area contributed by atoms with Crippen molar-refractivity contribution >= 4 is 28.5 Å². The normalized spacial score (nSPS) is 14.0. The number of halogens is 1. The first-order chi connectivity index (χ1) is 14.4. The Bertz CT molecular complexity index is 1110. The van der Waals surface area contributed by atoms with E-state index in [1.807, 2.05) is 26.0 Å². The number of ether oxygens (including phenoxy) is 1. The number of nitrogens with zero attached hydrogens (tertiary/aromatic N) is 3. The van der Waals surface area contributed by atoms with Gasteiger partial charge in [0.1, 0.15) is 11.6 Å². The van der Waals surface area contributed by atoms with Gasteiger partial charge in [-0.15, -0.1) is 5.10 Å². The van der Waals surface area contributed by atoms with Crippen LogP contribution >= 0.6 is 0 Å². The molecule has 2 aromatic carbocycles. The van der Waals surface area contributed by atoms with Crippen LogP contribution < -0.4 is 10.1 Å². The number of hydrogen-bond acceptors (Lipinski definition) is 4. The molecule has 156 valence electrons. The van der Waals surface area contributed by atoms with Gasteiger partial charge in [-0.25, -0.2) is 9.07 Å². The molecule has 0 spiro atoms. The Morgan fingerprint density at radius 1 is 1.27 bits per heavy atom. The Morgan fingerprint density at radius 2 is 2.07 bits per heavy atom. The molecular weight excluding hydrogens is 387 g/mol. The van der Waals surface area contributed by atoms with Crippen LogP contribution in [0.2, 0.25) is 0 Å². The number of likely N-dealkylation sites (tertiary alicyclic amines) is 1. The lowest BCUT2D eigenvalue weighted by Gasteiger charge is -2.15. The van der Waals surface area contributed by atoms with Gasteiger partial charge < -0.3 is 15.0 Å². The number of nitrogens with one attached hydrogen (secondary N) is 1. The standard InChI is InChI=1S/C22H23FN4O3/c1-14(2)30-18-9-4-8-17-21(18)22(24-19(28)13-26-11-5-10-20(26)29)25-27(17)16-7-3-6-15(23)12-16/h3-4,6-9,12,14H,5,10-11,13H2,1-2H3,(H,24,25,28). The van der Waals surface area contributed by atoms with Gasteiger partial charge in [-0.05, 0) is 50.6 Å². The maximum Gasteiger partial charge on any atom is 0.245 e. The largest absolute Gasteiger partial charge is 0.490 e. The van der Waals surface area contributed by atoms with E-state index in [-0.39, 0.29) is 30.3 Å². The summed E-state index contributed by atoms with van der Waals surface area (Å²) in [5, 5.41) is 7.97. The third kappa shape index (κ3) is 3.98. The highest BCUT2D eigenvalue weighted by molar-refractivity contribution is 6.04. The van der Waals surface area contributed by atoms with Gasteiger partial charge in [0, 0.05) is 13.0 Å². The zero-order valence-electron chi connectivity index (χ0n) is 16.9. The fourth-order valence-electron chi connectivity index (χ4n) is 3.60. The lowest BCUT2D eigenvalue weighted by Crippen LogP contribution is -2.34. The zero-order chi connectivity index (χ0) is 21.3. The quantitative estimate of drug-likeness (QED) is 0.675. The summed E-state index contributed by atoms with van der Waals surface area (Å²) in [7, 11) is 0. The van der Waals surface area contributed by atoms with E-state index in [4.69, 9.17) is 4.74 Å². The van der Waals surface area contributed by atoms with Crippen LogP contribution in [0, 0.1) is 5.82 Å². The molecule has 1 saturated heterocycles. The third-order valence-corrected chi connectivity index (χ3v) is 4.85. The molecule has 2 amide bonds. The molecular formula is C22H23FN4O3. The topological polar surface area (TPSA) is 76.5 Å². The molecule has 30 heavy (non-hydrogen) atoms. The number of carbonyl (C=O) groups excluding carboxylic acids is 2. The first kappa shape index (κ1) is 19.9. The van der Waals surface area contributed by atoms with Gasteiger partial charge in [0.2, 0.25) is 11.8 Å². The molecule has 0 radical (unpaired) electrons. The van der Waals surface area contributed by atoms with E-state index in [1.165, 1.54) is 17.0 Å². The predicted molar refractivity (Wildman–Crippen MR) is 111 cm³/mol. The second kappa shape index (κ2) is 8.14. The van der Waals surface area contributed by atoms with Crippen molar-refractivity contribution in [2.45, 2.75) is 32.8 Å². The summed E-state index contributed by atoms with van der Waals surface area (Å²) in [5.41, 5.74) is 1.20. The number of anilines is 1. The van der Waals surface area contributed by atoms with Crippen molar-refractivity contribution < 1.29 is 18.7 Å². The molecule has 0 atom stereocenters. The number of fused-ring (bicyclic) bond motifs is 1. The van der Waals surface area contributed by atoms with Crippen molar-refractivity contribution in [3.63, 3.8) is 0 Å². The predicted octanol–water partition coefficient (Wildman–Crippen LogP) is 3.51. The molecule has 0 saturated carbocycles. The lowest BCUT2D eigenvalue weighted by molar-refractivity contribution is -0.131. The van der Waals surface area contributed by atoms with Gasteiger partial charge in [-0.3, -0.25) is 9.59 Å². The molecule has 1 aromatic heterocycles. The highest BCUT2D eigenvalue weighted by Crippen LogP contribution is 2.34. The monoisotopic (exact) mass is 410 g/mol. The minimum Gasteiger partial charge on any atom is -0.490 e. The van der Waals surface area contributed by atoms with E-state index in [1.54, 1.807) is 22.9 Å². The Hall–Kier alpha value is -3.42. The molecule has 0 unspecified atom stereocenters. The van der Waals surface area contributed by atoms with Crippen LogP contribution in [0.15, 0.2) is 42.5 Å². The van der Waals surface area contributed by atoms with E-state index >= 15 is 0 Å². The third-order valence-electron chi connectivity index (χ3n) is 4.85. The minimum atomic E-state index is -0.385. The Balaban J connectivity index is 1.75. The van der Waals surface area contributed by atoms with Crippen LogP contribution in [0.25, 0.3) is 16.6 Å². The molecule has 7 nitrogen and oxygen atoms in total. The van der Waals surface area contributed by atoms with E-state index < -0.39 is 0 Å². The van der Waals surface area contributed by atoms with E-state index in [0.29, 0.717) is 41.1 Å². The summed E-state index contributed by atoms with van der Waals surface area (Å²) >= 11 is 0. The average molecular weight is 410 g/mol. The highest BCUT2D eigenvalue weighted by Gasteiger charge is 2.24. The van der Waals surface area contributed by atoms with Crippen LogP contribution in [-0.2, 0) is 9.59 Å². The van der Waals surface area contributed by atoms with Crippen LogP contribution in [0.1, 0.15) is 26.7 Å². The summed E-state index contributed by atoms with van der Waals surface area (Å²) in [6.07, 6.45) is 1.14. The maximum atomic E-state index is 13.8. The van der Waals surface area contributed by atoms with Gasteiger partial charge in [0.15, 0.2) is 5.82 Å². The smallest absolute Gasteiger partial charge is 0.245 e. The molecule has 3 aromatic rings. The van der Waals surface area contributed by atoms with Gasteiger partial charge in [0.05, 0.1) is 29.2 Å². The molecule has 8 heteroatoms. The van der Waals surface area contributed by atoms with Crippen molar-refractivity contribution in [2.75, 3.05) is 18.4 Å². The van der Waals surface area contributed by atoms with E-state index in [0.717, 1.165) is 6.42 Å². The first-order valence-electron chi connectivity index (χ1n) is 9.94. The fourth-order valence-corrected chi connectivity index (χ4v) is 3.60. The summed E-state index contributed by atoms with van der Waals surface area (Å²) < 4.78 is 21.3. The summed E-state index contributed by atoms with van der Waals surface area (Å²) in [5.74, 6) is 0.128. The van der Waals surface area contributed by atoms with E-state index in [2.05, 4.69) is 10.4 Å². The highest BCUT2D eigenvalue weighted by atomic mass is 19.1. The van der Waals surface area contributed by atoms with Crippen LogP contribution in [0.5, 0.6) is 5.75 Å². The van der Waals surface area contributed by atoms with Crippen molar-refractivity contribution in [1.82, 2.24) is 14.7 Å². The van der Waals surface area contributed by atoms with Crippen LogP contribution in [0.3, 0.4) is 0 Å². The SMILES string of the molecule is CC(C)Oc1cccc2c1c(NC(=O)CN1CCCC1=O)nn2-c1cccc(F)c1. The van der Waals surface area contributed by atoms with Crippen molar-refractivity contribution in [2.24, 2.45) is 0 Å². The summed E-state index contributed by atoms with van der Waals surface area (Å²) in [6.45, 7) is 4.37. The summed E-state index contributed by atoms with van der Waals surface area (Å²) in [4.78, 5) is 26.0. The van der Waals surface area contributed by atoms with E-state index in [9.17, 15) is 14.0 Å². The molecule has 1 N–H and O–H groups in total. The number of rotatable bonds is 6. The van der Waals surface area contributed by atoms with Crippen LogP contribution in [-0.4, -0.2) is 45.7 Å². The number of benzene rings is 2. The molecule has 1 aliphatic heterocycles. The van der Waals surface area contributed by atoms with Gasteiger partial charge in [-0.1, -0.05) is 12.1 Å². The van der Waals surface area contributed by atoms with Crippen molar-refractivity contribution in [3.05, 3.63) is 48.3 Å². The Kier molecular flexibility index (Phi) is 5.39. The minimum absolute atomic E-state index is 0.0240. The zero-order valence-corrected chi connectivity index (χ0v) is 16.9. The maximum absolute atomic E-state index is 13.8. The Labute approximate surface area is 173 Å². The van der Waals surface area contributed by atoms with Crippen molar-refractivity contribution in [3.8, 4) is 11.4 Å². The van der Waals surface area contributed by atoms with Gasteiger partial charge in [0.25, 0.3) is 0 Å². The van der Waals surface area contributed by atoms with Crippen molar-refractivity contribution in [1.29, 1.82) is 0 Å². The Morgan fingerprint density at radius 3 is 2.77 bits per heavy atom. The molecule has 4 rings (SSSR count). The number of hydrogen-bond donors (Lipinski definition) is 1. The van der Waals surface area contributed by atoms with Gasteiger partial charge >= 0.3 is 0 Å². The number of carbonyl (C=O) groups is 2.